The summed E-state index contributed by atoms with van der Waals surface area (Å²) in [5.41, 5.74) is 4.24. The van der Waals surface area contributed by atoms with E-state index in [1.165, 1.54) is 38.6 Å². The number of anilines is 1. The van der Waals surface area contributed by atoms with Crippen LogP contribution in [-0.2, 0) is 24.3 Å². The van der Waals surface area contributed by atoms with Gasteiger partial charge in [-0.15, -0.1) is 0 Å². The van der Waals surface area contributed by atoms with Crippen molar-refractivity contribution in [2.45, 2.75) is 11.8 Å². The molecular weight excluding hydrogens is 582 g/mol. The van der Waals surface area contributed by atoms with E-state index in [9.17, 15) is 18.0 Å². The molecule has 0 radical (unpaired) electrons. The number of aryl methyl sites for hydroxylation is 1. The number of carbonyl (C=O) groups is 2. The van der Waals surface area contributed by atoms with Gasteiger partial charge >= 0.3 is 5.97 Å². The monoisotopic (exact) mass is 615 g/mol. The third kappa shape index (κ3) is 9.14. The van der Waals surface area contributed by atoms with E-state index in [0.29, 0.717) is 35.1 Å². The Morgan fingerprint density at radius 3 is 2.31 bits per heavy atom. The van der Waals surface area contributed by atoms with Crippen LogP contribution in [0.15, 0.2) is 76.7 Å². The fraction of sp³-hybridized carbons (Fsp3) is 0.276. The molecule has 0 unspecified atom stereocenters. The smallest absolute Gasteiger partial charge is 0.344 e. The zero-order chi connectivity index (χ0) is 30.5. The molecule has 1 amide bonds. The predicted molar refractivity (Wildman–Crippen MR) is 162 cm³/mol. The van der Waals surface area contributed by atoms with Crippen molar-refractivity contribution in [3.63, 3.8) is 0 Å². The van der Waals surface area contributed by atoms with Crippen LogP contribution < -0.4 is 23.9 Å². The Labute approximate surface area is 249 Å². The Bertz CT molecular complexity index is 1480. The van der Waals surface area contributed by atoms with Crippen LogP contribution in [0, 0.1) is 6.92 Å². The standard InChI is InChI=1S/C29H33N3O8S2/c1-21-5-9-23(10-6-21)32(42(35,36)25-13-14-26(37-2)27(17-25)38-3)19-28(33)31-30-18-22-7-11-24(12-8-22)40-20-29(34)39-15-16-41-4/h5-14,17-18H,15-16,19-20H2,1-4H3,(H,31,33)/b30-18-. The highest BCUT2D eigenvalue weighted by Crippen LogP contribution is 2.32. The molecule has 0 saturated heterocycles. The highest BCUT2D eigenvalue weighted by Gasteiger charge is 2.28. The Morgan fingerprint density at radius 1 is 0.976 bits per heavy atom. The number of thioether (sulfide) groups is 1. The molecule has 0 aliphatic carbocycles. The molecule has 0 spiro atoms. The van der Waals surface area contributed by atoms with Crippen molar-refractivity contribution >= 4 is 45.6 Å². The summed E-state index contributed by atoms with van der Waals surface area (Å²) in [5.74, 6) is 0.676. The van der Waals surface area contributed by atoms with Gasteiger partial charge in [-0.05, 0) is 67.3 Å². The minimum Gasteiger partial charge on any atom is -0.493 e. The Kier molecular flexibility index (Phi) is 12.1. The van der Waals surface area contributed by atoms with Crippen molar-refractivity contribution in [3.05, 3.63) is 77.9 Å². The van der Waals surface area contributed by atoms with E-state index in [1.54, 1.807) is 60.3 Å². The second-order valence-electron chi connectivity index (χ2n) is 8.73. The maximum atomic E-state index is 13.7. The zero-order valence-corrected chi connectivity index (χ0v) is 25.4. The lowest BCUT2D eigenvalue weighted by atomic mass is 10.2. The van der Waals surface area contributed by atoms with Crippen LogP contribution >= 0.6 is 11.8 Å². The first-order valence-corrected chi connectivity index (χ1v) is 15.5. The maximum absolute atomic E-state index is 13.7. The highest BCUT2D eigenvalue weighted by molar-refractivity contribution is 7.98. The predicted octanol–water partition coefficient (Wildman–Crippen LogP) is 3.64. The van der Waals surface area contributed by atoms with Gasteiger partial charge < -0.3 is 18.9 Å². The van der Waals surface area contributed by atoms with Crippen LogP contribution in [0.5, 0.6) is 17.2 Å². The normalized spacial score (nSPS) is 11.1. The molecule has 42 heavy (non-hydrogen) atoms. The number of hydrogen-bond donors (Lipinski definition) is 1. The summed E-state index contributed by atoms with van der Waals surface area (Å²) in [7, 11) is -1.33. The summed E-state index contributed by atoms with van der Waals surface area (Å²) in [4.78, 5) is 24.4. The number of sulfonamides is 1. The number of hydrogen-bond acceptors (Lipinski definition) is 10. The number of benzene rings is 3. The van der Waals surface area contributed by atoms with E-state index in [-0.39, 0.29) is 17.3 Å². The highest BCUT2D eigenvalue weighted by atomic mass is 32.2. The number of methoxy groups -OCH3 is 2. The molecule has 1 N–H and O–H groups in total. The first kappa shape index (κ1) is 32.3. The SMILES string of the molecule is COc1ccc(S(=O)(=O)N(CC(=O)N/N=C\c2ccc(OCC(=O)OCCSC)cc2)c2ccc(C)cc2)cc1OC. The van der Waals surface area contributed by atoms with Gasteiger partial charge in [-0.2, -0.15) is 16.9 Å². The van der Waals surface area contributed by atoms with Crippen molar-refractivity contribution in [2.24, 2.45) is 5.10 Å². The van der Waals surface area contributed by atoms with E-state index in [1.807, 2.05) is 13.2 Å². The van der Waals surface area contributed by atoms with Crippen LogP contribution in [0.25, 0.3) is 0 Å². The van der Waals surface area contributed by atoms with Gasteiger partial charge in [0.1, 0.15) is 18.9 Å². The molecule has 0 heterocycles. The number of nitrogens with one attached hydrogen (secondary N) is 1. The fourth-order valence-corrected chi connectivity index (χ4v) is 5.23. The summed E-state index contributed by atoms with van der Waals surface area (Å²) in [6.45, 7) is 1.47. The third-order valence-electron chi connectivity index (χ3n) is 5.74. The molecule has 11 nitrogen and oxygen atoms in total. The second kappa shape index (κ2) is 15.7. The van der Waals surface area contributed by atoms with Crippen LogP contribution in [0.1, 0.15) is 11.1 Å². The summed E-state index contributed by atoms with van der Waals surface area (Å²) in [6.07, 6.45) is 3.32. The van der Waals surface area contributed by atoms with Crippen molar-refractivity contribution < 1.29 is 37.0 Å². The number of carbonyl (C=O) groups excluding carboxylic acids is 2. The van der Waals surface area contributed by atoms with Crippen LogP contribution in [-0.4, -0.2) is 72.5 Å². The van der Waals surface area contributed by atoms with Crippen LogP contribution in [0.3, 0.4) is 0 Å². The zero-order valence-electron chi connectivity index (χ0n) is 23.7. The molecule has 0 atom stereocenters. The molecule has 3 rings (SSSR count). The van der Waals surface area contributed by atoms with Crippen LogP contribution in [0.2, 0.25) is 0 Å². The van der Waals surface area contributed by atoms with E-state index in [0.717, 1.165) is 9.87 Å². The summed E-state index contributed by atoms with van der Waals surface area (Å²) < 4.78 is 49.3. The molecular formula is C29H33N3O8S2. The molecule has 3 aromatic carbocycles. The van der Waals surface area contributed by atoms with E-state index < -0.39 is 28.4 Å². The van der Waals surface area contributed by atoms with E-state index in [4.69, 9.17) is 18.9 Å². The molecule has 224 valence electrons. The summed E-state index contributed by atoms with van der Waals surface area (Å²) >= 11 is 1.58. The van der Waals surface area contributed by atoms with Gasteiger partial charge in [0.25, 0.3) is 15.9 Å². The first-order chi connectivity index (χ1) is 20.2. The number of amides is 1. The van der Waals surface area contributed by atoms with Gasteiger partial charge in [-0.3, -0.25) is 9.10 Å². The Hall–Kier alpha value is -4.23. The average Bonchev–Trinajstić information content (AvgIpc) is 2.99. The number of esters is 1. The minimum atomic E-state index is -4.18. The van der Waals surface area contributed by atoms with Gasteiger partial charge in [-0.25, -0.2) is 18.6 Å². The van der Waals surface area contributed by atoms with Gasteiger partial charge in [0, 0.05) is 11.8 Å². The first-order valence-electron chi connectivity index (χ1n) is 12.7. The topological polar surface area (TPSA) is 133 Å². The van der Waals surface area contributed by atoms with E-state index in [2.05, 4.69) is 10.5 Å². The third-order valence-corrected chi connectivity index (χ3v) is 8.09. The molecule has 13 heteroatoms. The number of ether oxygens (including phenoxy) is 4. The molecule has 0 fully saturated rings. The van der Waals surface area contributed by atoms with Crippen molar-refractivity contribution in [3.8, 4) is 17.2 Å². The molecule has 0 aliphatic heterocycles. The Balaban J connectivity index is 1.68. The van der Waals surface area contributed by atoms with E-state index >= 15 is 0 Å². The number of hydrazone groups is 1. The largest absolute Gasteiger partial charge is 0.493 e. The average molecular weight is 616 g/mol. The summed E-state index contributed by atoms with van der Waals surface area (Å²) in [5, 5.41) is 3.95. The lowest BCUT2D eigenvalue weighted by molar-refractivity contribution is -0.145. The van der Waals surface area contributed by atoms with Crippen molar-refractivity contribution in [1.29, 1.82) is 0 Å². The Morgan fingerprint density at radius 2 is 1.67 bits per heavy atom. The van der Waals surface area contributed by atoms with Gasteiger partial charge in [0.2, 0.25) is 0 Å². The van der Waals surface area contributed by atoms with Crippen molar-refractivity contribution in [1.82, 2.24) is 5.43 Å². The minimum absolute atomic E-state index is 0.0763. The maximum Gasteiger partial charge on any atom is 0.344 e. The van der Waals surface area contributed by atoms with Gasteiger partial charge in [0.15, 0.2) is 18.1 Å². The van der Waals surface area contributed by atoms with Crippen LogP contribution in [0.4, 0.5) is 5.69 Å². The number of rotatable bonds is 15. The van der Waals surface area contributed by atoms with Gasteiger partial charge in [-0.1, -0.05) is 17.7 Å². The lowest BCUT2D eigenvalue weighted by Gasteiger charge is -2.24. The molecule has 3 aromatic rings. The van der Waals surface area contributed by atoms with Crippen molar-refractivity contribution in [2.75, 3.05) is 50.3 Å². The molecule has 0 aromatic heterocycles. The van der Waals surface area contributed by atoms with Gasteiger partial charge in [0.05, 0.1) is 31.0 Å². The molecule has 0 saturated carbocycles. The summed E-state index contributed by atoms with van der Waals surface area (Å²) in [6, 6.07) is 17.6. The fourth-order valence-electron chi connectivity index (χ4n) is 3.55. The second-order valence-corrected chi connectivity index (χ2v) is 11.6. The number of nitrogens with zero attached hydrogens (tertiary/aromatic N) is 2. The molecule has 0 bridgehead atoms. The molecule has 0 aliphatic rings. The lowest BCUT2D eigenvalue weighted by Crippen LogP contribution is -2.39. The quantitative estimate of drug-likeness (QED) is 0.118.